The van der Waals surface area contributed by atoms with E-state index in [4.69, 9.17) is 0 Å². The van der Waals surface area contributed by atoms with E-state index in [1.54, 1.807) is 0 Å². The number of rotatable bonds is 3. The standard InChI is InChI=1S/C7H5F4NO4S/c1-15-16-17(13,14)7-4(10)2(8)6(12)3(9)5(7)11/h12H2,1H3. The highest BCUT2D eigenvalue weighted by Gasteiger charge is 2.33. The Bertz CT molecular complexity index is 530. The summed E-state index contributed by atoms with van der Waals surface area (Å²) in [5.41, 5.74) is 3.20. The maximum atomic E-state index is 13.1. The Morgan fingerprint density at radius 3 is 1.76 bits per heavy atom. The van der Waals surface area contributed by atoms with Gasteiger partial charge in [0.25, 0.3) is 0 Å². The third-order valence-corrected chi connectivity index (χ3v) is 2.84. The Kier molecular flexibility index (Phi) is 3.59. The quantitative estimate of drug-likeness (QED) is 0.294. The van der Waals surface area contributed by atoms with Crippen molar-refractivity contribution in [3.8, 4) is 0 Å². The van der Waals surface area contributed by atoms with Crippen LogP contribution < -0.4 is 5.73 Å². The lowest BCUT2D eigenvalue weighted by Gasteiger charge is -2.08. The molecule has 0 spiro atoms. The monoisotopic (exact) mass is 275 g/mol. The lowest BCUT2D eigenvalue weighted by molar-refractivity contribution is -0.172. The Labute approximate surface area is 92.8 Å². The van der Waals surface area contributed by atoms with Crippen LogP contribution in [-0.4, -0.2) is 15.5 Å². The van der Waals surface area contributed by atoms with Crippen LogP contribution in [0, 0.1) is 23.3 Å². The molecule has 1 aromatic rings. The number of anilines is 1. The van der Waals surface area contributed by atoms with Crippen LogP contribution >= 0.6 is 0 Å². The van der Waals surface area contributed by atoms with Crippen molar-refractivity contribution < 1.29 is 35.2 Å². The zero-order valence-corrected chi connectivity index (χ0v) is 8.95. The van der Waals surface area contributed by atoms with Gasteiger partial charge in [-0.3, -0.25) is 0 Å². The van der Waals surface area contributed by atoms with Crippen molar-refractivity contribution >= 4 is 15.8 Å². The molecule has 0 fully saturated rings. The molecule has 2 N–H and O–H groups in total. The van der Waals surface area contributed by atoms with Gasteiger partial charge in [-0.25, -0.2) is 22.4 Å². The van der Waals surface area contributed by atoms with E-state index in [9.17, 15) is 26.0 Å². The zero-order chi connectivity index (χ0) is 13.4. The molecule has 1 aromatic carbocycles. The average Bonchev–Trinajstić information content (AvgIpc) is 2.23. The maximum Gasteiger partial charge on any atom is 0.329 e. The first-order valence-electron chi connectivity index (χ1n) is 3.82. The van der Waals surface area contributed by atoms with Crippen molar-refractivity contribution in [3.63, 3.8) is 0 Å². The maximum absolute atomic E-state index is 13.1. The first kappa shape index (κ1) is 13.7. The molecule has 0 aliphatic rings. The van der Waals surface area contributed by atoms with Gasteiger partial charge in [0.05, 0.1) is 7.11 Å². The second kappa shape index (κ2) is 4.47. The fourth-order valence-electron chi connectivity index (χ4n) is 0.972. The van der Waals surface area contributed by atoms with Gasteiger partial charge >= 0.3 is 10.1 Å². The highest BCUT2D eigenvalue weighted by molar-refractivity contribution is 7.86. The lowest BCUT2D eigenvalue weighted by atomic mass is 10.2. The summed E-state index contributed by atoms with van der Waals surface area (Å²) in [4.78, 5) is 1.73. The van der Waals surface area contributed by atoms with Gasteiger partial charge in [-0.15, -0.1) is 4.33 Å². The van der Waals surface area contributed by atoms with Gasteiger partial charge in [0.1, 0.15) is 5.69 Å². The molecule has 0 saturated heterocycles. The fourth-order valence-corrected chi connectivity index (χ4v) is 1.84. The van der Waals surface area contributed by atoms with E-state index in [1.807, 2.05) is 0 Å². The van der Waals surface area contributed by atoms with Gasteiger partial charge < -0.3 is 5.73 Å². The molecule has 0 atom stereocenters. The Hall–Kier alpha value is -1.39. The van der Waals surface area contributed by atoms with Crippen LogP contribution in [0.15, 0.2) is 4.90 Å². The molecule has 0 unspecified atom stereocenters. The summed E-state index contributed by atoms with van der Waals surface area (Å²) in [5, 5.41) is 0. The third kappa shape index (κ3) is 2.18. The van der Waals surface area contributed by atoms with E-state index in [-0.39, 0.29) is 0 Å². The van der Waals surface area contributed by atoms with Crippen molar-refractivity contribution in [3.05, 3.63) is 23.3 Å². The molecule has 1 rings (SSSR count). The number of benzene rings is 1. The minimum Gasteiger partial charge on any atom is -0.394 e. The van der Waals surface area contributed by atoms with Crippen molar-refractivity contribution in [1.29, 1.82) is 0 Å². The number of halogens is 4. The molecular weight excluding hydrogens is 270 g/mol. The molecule has 0 aliphatic carbocycles. The third-order valence-electron chi connectivity index (χ3n) is 1.66. The molecule has 0 aromatic heterocycles. The van der Waals surface area contributed by atoms with Crippen LogP contribution in [0.1, 0.15) is 0 Å². The van der Waals surface area contributed by atoms with E-state index in [2.05, 4.69) is 15.0 Å². The second-order valence-electron chi connectivity index (χ2n) is 2.69. The van der Waals surface area contributed by atoms with Gasteiger partial charge in [-0.1, -0.05) is 0 Å². The molecule has 0 heterocycles. The first-order chi connectivity index (χ1) is 7.74. The van der Waals surface area contributed by atoms with Crippen molar-refractivity contribution in [1.82, 2.24) is 0 Å². The molecule has 10 heteroatoms. The van der Waals surface area contributed by atoms with Gasteiger partial charge in [0, 0.05) is 0 Å². The minimum absolute atomic E-state index is 0.720. The normalized spacial score (nSPS) is 11.8. The van der Waals surface area contributed by atoms with E-state index in [1.165, 1.54) is 0 Å². The van der Waals surface area contributed by atoms with Crippen LogP contribution in [0.4, 0.5) is 23.2 Å². The van der Waals surface area contributed by atoms with Gasteiger partial charge in [0.15, 0.2) is 28.2 Å². The Morgan fingerprint density at radius 1 is 1.00 bits per heavy atom. The smallest absolute Gasteiger partial charge is 0.329 e. The summed E-state index contributed by atoms with van der Waals surface area (Å²) in [6, 6.07) is 0. The molecule has 0 aliphatic heterocycles. The van der Waals surface area contributed by atoms with Crippen molar-refractivity contribution in [2.45, 2.75) is 4.90 Å². The fraction of sp³-hybridized carbons (Fsp3) is 0.143. The summed E-state index contributed by atoms with van der Waals surface area (Å²) in [6.45, 7) is 0. The first-order valence-corrected chi connectivity index (χ1v) is 5.23. The SMILES string of the molecule is COOS(=O)(=O)c1c(F)c(F)c(N)c(F)c1F. The van der Waals surface area contributed by atoms with Crippen molar-refractivity contribution in [2.75, 3.05) is 12.8 Å². The zero-order valence-electron chi connectivity index (χ0n) is 8.13. The van der Waals surface area contributed by atoms with Crippen molar-refractivity contribution in [2.24, 2.45) is 0 Å². The van der Waals surface area contributed by atoms with E-state index in [0.29, 0.717) is 0 Å². The second-order valence-corrected chi connectivity index (χ2v) is 4.14. The Balaban J connectivity index is 3.67. The van der Waals surface area contributed by atoms with Crippen LogP contribution in [0.3, 0.4) is 0 Å². The molecule has 5 nitrogen and oxygen atoms in total. The molecule has 96 valence electrons. The largest absolute Gasteiger partial charge is 0.394 e. The van der Waals surface area contributed by atoms with E-state index < -0.39 is 44.0 Å². The molecule has 0 amide bonds. The number of nitrogen functional groups attached to an aromatic ring is 1. The summed E-state index contributed by atoms with van der Waals surface area (Å²) in [6.07, 6.45) is 0. The molecular formula is C7H5F4NO4S. The summed E-state index contributed by atoms with van der Waals surface area (Å²) in [7, 11) is -4.42. The average molecular weight is 275 g/mol. The summed E-state index contributed by atoms with van der Waals surface area (Å²) in [5.74, 6) is -8.47. The molecule has 17 heavy (non-hydrogen) atoms. The predicted molar refractivity (Wildman–Crippen MR) is 46.0 cm³/mol. The number of hydrogen-bond donors (Lipinski definition) is 1. The van der Waals surface area contributed by atoms with Crippen LogP contribution in [-0.2, 0) is 19.3 Å². The topological polar surface area (TPSA) is 78.6 Å². The molecule has 0 radical (unpaired) electrons. The van der Waals surface area contributed by atoms with Gasteiger partial charge in [-0.2, -0.15) is 8.42 Å². The molecule has 0 saturated carbocycles. The highest BCUT2D eigenvalue weighted by atomic mass is 32.2. The minimum atomic E-state index is -5.14. The summed E-state index contributed by atoms with van der Waals surface area (Å²) >= 11 is 0. The lowest BCUT2D eigenvalue weighted by Crippen LogP contribution is -2.15. The van der Waals surface area contributed by atoms with E-state index >= 15 is 0 Å². The summed E-state index contributed by atoms with van der Waals surface area (Å²) < 4.78 is 77.9. The highest BCUT2D eigenvalue weighted by Crippen LogP contribution is 2.29. The molecule has 0 bridgehead atoms. The Morgan fingerprint density at radius 2 is 1.41 bits per heavy atom. The predicted octanol–water partition coefficient (Wildman–Crippen LogP) is 1.09. The van der Waals surface area contributed by atoms with Gasteiger partial charge in [-0.05, 0) is 0 Å². The van der Waals surface area contributed by atoms with Crippen LogP contribution in [0.5, 0.6) is 0 Å². The van der Waals surface area contributed by atoms with Crippen LogP contribution in [0.2, 0.25) is 0 Å². The van der Waals surface area contributed by atoms with Gasteiger partial charge in [0.2, 0.25) is 0 Å². The number of nitrogens with two attached hydrogens (primary N) is 1. The van der Waals surface area contributed by atoms with Crippen LogP contribution in [0.25, 0.3) is 0 Å². The number of hydrogen-bond acceptors (Lipinski definition) is 5. The van der Waals surface area contributed by atoms with E-state index in [0.717, 1.165) is 7.11 Å².